The number of aliphatic hydroxyl groups excluding tert-OH is 1. The lowest BCUT2D eigenvalue weighted by atomic mass is 9.41. The van der Waals surface area contributed by atoms with E-state index in [0.29, 0.717) is 17.8 Å². The Hall–Kier alpha value is -1.72. The molecule has 2 N–H and O–H groups in total. The van der Waals surface area contributed by atoms with E-state index in [1.54, 1.807) is 4.90 Å². The highest BCUT2D eigenvalue weighted by Crippen LogP contribution is 2.89. The number of amides is 2. The monoisotopic (exact) mass is 831 g/mol. The van der Waals surface area contributed by atoms with Gasteiger partial charge in [0.25, 0.3) is 0 Å². The molecule has 0 aromatic carbocycles. The maximum atomic E-state index is 13.0. The molecule has 57 heavy (non-hydrogen) atoms. The third-order valence-electron chi connectivity index (χ3n) is 17.6. The normalized spacial score (nSPS) is 45.4. The molecule has 2 amide bonds. The van der Waals surface area contributed by atoms with Gasteiger partial charge in [-0.1, -0.05) is 48.5 Å². The fraction of sp³-hybridized carbons (Fsp3) is 0.951. The molecular formula is C41H64F3N3O9S. The number of halogens is 3. The van der Waals surface area contributed by atoms with Crippen LogP contribution in [0.1, 0.15) is 106 Å². The zero-order valence-electron chi connectivity index (χ0n) is 34.6. The number of alkyl halides is 3. The second-order valence-corrected chi connectivity index (χ2v) is 22.3. The molecule has 8 fully saturated rings. The van der Waals surface area contributed by atoms with Crippen LogP contribution in [0.15, 0.2) is 0 Å². The van der Waals surface area contributed by atoms with Crippen molar-refractivity contribution in [2.75, 3.05) is 39.3 Å². The molecule has 3 aliphatic heterocycles. The first-order valence-corrected chi connectivity index (χ1v) is 22.9. The molecule has 2 spiro atoms. The predicted octanol–water partition coefficient (Wildman–Crippen LogP) is 5.68. The first-order valence-electron chi connectivity index (χ1n) is 21.4. The maximum absolute atomic E-state index is 13.0. The van der Waals surface area contributed by atoms with Gasteiger partial charge in [0.05, 0.1) is 44.1 Å². The molecule has 8 rings (SSSR count). The number of carbonyl (C=O) groups excluding carboxylic acids is 2. The van der Waals surface area contributed by atoms with E-state index in [9.17, 15) is 36.3 Å². The van der Waals surface area contributed by atoms with Gasteiger partial charge in [0.2, 0.25) is 5.91 Å². The minimum Gasteiger partial charge on any atom is -0.443 e. The highest BCUT2D eigenvalue weighted by atomic mass is 32.2. The number of ether oxygens (including phenoxy) is 4. The van der Waals surface area contributed by atoms with E-state index >= 15 is 0 Å². The summed E-state index contributed by atoms with van der Waals surface area (Å²) < 4.78 is 88.5. The molecule has 5 aliphatic carbocycles. The van der Waals surface area contributed by atoms with Crippen LogP contribution in [0.5, 0.6) is 0 Å². The van der Waals surface area contributed by atoms with Crippen molar-refractivity contribution in [1.29, 1.82) is 0 Å². The Bertz CT molecular complexity index is 1710. The molecule has 0 aromatic heterocycles. The first kappa shape index (κ1) is 42.0. The molecular weight excluding hydrogens is 768 g/mol. The van der Waals surface area contributed by atoms with Crippen LogP contribution in [0.25, 0.3) is 0 Å². The lowest BCUT2D eigenvalue weighted by Gasteiger charge is -2.64. The SMILES string of the molecule is CC(C)[C@@H](OC(=O)N1CCC1)[C@H]1C[C@@H](C)[C@H]2[C@H](O1)[C@H](O)[C@@]1(C)[C@@H]3CC[C@H]4C(C)(C)[C@@H](O[C@H]5CN(C(=O)CNS(=O)(=O)C(F)(F)F)CCO5)CCC45CC35CC[C@]21C. The molecule has 12 nitrogen and oxygen atoms in total. The molecule has 0 bridgehead atoms. The number of sulfonamides is 1. The van der Waals surface area contributed by atoms with Gasteiger partial charge in [0.15, 0.2) is 6.29 Å². The van der Waals surface area contributed by atoms with Crippen LogP contribution in [0.4, 0.5) is 18.0 Å². The van der Waals surface area contributed by atoms with Crippen molar-refractivity contribution in [2.45, 2.75) is 149 Å². The molecule has 8 aliphatic rings. The van der Waals surface area contributed by atoms with Crippen LogP contribution in [0.2, 0.25) is 0 Å². The van der Waals surface area contributed by atoms with Gasteiger partial charge in [-0.3, -0.25) is 4.79 Å². The van der Waals surface area contributed by atoms with Gasteiger partial charge in [0, 0.05) is 25.0 Å². The smallest absolute Gasteiger partial charge is 0.443 e. The molecule has 3 saturated heterocycles. The largest absolute Gasteiger partial charge is 0.511 e. The molecule has 2 unspecified atom stereocenters. The number of aliphatic hydroxyl groups is 1. The third kappa shape index (κ3) is 6.15. The lowest BCUT2D eigenvalue weighted by Crippen LogP contribution is -2.60. The topological polar surface area (TPSA) is 144 Å². The summed E-state index contributed by atoms with van der Waals surface area (Å²) in [6.45, 7) is 16.5. The Morgan fingerprint density at radius 3 is 2.32 bits per heavy atom. The standard InChI is InChI=1S/C41H64F3N3O9S/c1-23(2)32(56-35(50)46-15-8-16-46)25-19-24(3)31-33(54-25)34(49)38(7)27-10-9-26-36(4,5)28(11-12-39(26)22-40(27,39)14-13-37(31,38)6)55-30-21-47(17-18-53-30)29(48)20-45-57(51,52)41(42,43)44/h23-28,30-34,45,49H,8-22H2,1-7H3/t24-,25-,26+,27+,28+,30+,31+,32-,33+,34+,37-,38-,39?,40?/m1/s1. The van der Waals surface area contributed by atoms with E-state index in [1.807, 2.05) is 0 Å². The average molecular weight is 832 g/mol. The van der Waals surface area contributed by atoms with Crippen LogP contribution in [0, 0.1) is 56.7 Å². The van der Waals surface area contributed by atoms with Crippen LogP contribution in [0.3, 0.4) is 0 Å². The Balaban J connectivity index is 0.955. The van der Waals surface area contributed by atoms with Crippen molar-refractivity contribution < 1.29 is 55.2 Å². The van der Waals surface area contributed by atoms with Crippen LogP contribution in [-0.4, -0.2) is 117 Å². The van der Waals surface area contributed by atoms with Gasteiger partial charge in [-0.15, -0.1) is 0 Å². The second-order valence-electron chi connectivity index (χ2n) is 20.5. The van der Waals surface area contributed by atoms with E-state index in [-0.39, 0.29) is 89.1 Å². The number of nitrogens with zero attached hydrogens (tertiary/aromatic N) is 2. The van der Waals surface area contributed by atoms with Crippen molar-refractivity contribution >= 4 is 22.0 Å². The van der Waals surface area contributed by atoms with E-state index in [4.69, 9.17) is 18.9 Å². The van der Waals surface area contributed by atoms with Crippen molar-refractivity contribution in [3.8, 4) is 0 Å². The number of hydrogen-bond acceptors (Lipinski definition) is 9. The summed E-state index contributed by atoms with van der Waals surface area (Å²) in [7, 11) is -5.64. The van der Waals surface area contributed by atoms with Crippen LogP contribution >= 0.6 is 0 Å². The lowest BCUT2D eigenvalue weighted by molar-refractivity contribution is -0.248. The summed E-state index contributed by atoms with van der Waals surface area (Å²) in [5, 5.41) is 12.7. The number of fused-ring (bicyclic) bond motifs is 4. The number of likely N-dealkylation sites (tertiary alicyclic amines) is 1. The van der Waals surface area contributed by atoms with Crippen molar-refractivity contribution in [3.63, 3.8) is 0 Å². The number of hydrogen-bond donors (Lipinski definition) is 2. The van der Waals surface area contributed by atoms with E-state index in [2.05, 4.69) is 48.5 Å². The summed E-state index contributed by atoms with van der Waals surface area (Å²) in [5.74, 6) is 0.506. The molecule has 5 saturated carbocycles. The second kappa shape index (κ2) is 13.9. The molecule has 0 aromatic rings. The molecule has 16 heteroatoms. The predicted molar refractivity (Wildman–Crippen MR) is 202 cm³/mol. The molecule has 0 radical (unpaired) electrons. The quantitative estimate of drug-likeness (QED) is 0.316. The highest BCUT2D eigenvalue weighted by Gasteiger charge is 2.84. The highest BCUT2D eigenvalue weighted by molar-refractivity contribution is 7.90. The van der Waals surface area contributed by atoms with Gasteiger partial charge in [-0.2, -0.15) is 17.9 Å². The Morgan fingerprint density at radius 1 is 0.982 bits per heavy atom. The minimum absolute atomic E-state index is 0.00170. The number of nitrogens with one attached hydrogen (secondary N) is 1. The zero-order chi connectivity index (χ0) is 41.3. The molecule has 324 valence electrons. The van der Waals surface area contributed by atoms with E-state index in [0.717, 1.165) is 70.9 Å². The van der Waals surface area contributed by atoms with E-state index < -0.39 is 40.4 Å². The van der Waals surface area contributed by atoms with Gasteiger partial charge in [-0.25, -0.2) is 13.2 Å². The summed E-state index contributed by atoms with van der Waals surface area (Å²) in [5.41, 5.74) is -5.95. The van der Waals surface area contributed by atoms with Crippen LogP contribution < -0.4 is 4.72 Å². The Labute approximate surface area is 335 Å². The third-order valence-corrected chi connectivity index (χ3v) is 18.7. The summed E-state index contributed by atoms with van der Waals surface area (Å²) in [6, 6.07) is 0. The summed E-state index contributed by atoms with van der Waals surface area (Å²) >= 11 is 0. The van der Waals surface area contributed by atoms with E-state index in [1.165, 1.54) is 9.62 Å². The van der Waals surface area contributed by atoms with Gasteiger partial charge in [0.1, 0.15) is 6.10 Å². The molecule has 3 heterocycles. The van der Waals surface area contributed by atoms with Gasteiger partial charge in [-0.05, 0) is 109 Å². The fourth-order valence-electron chi connectivity index (χ4n) is 14.6. The minimum atomic E-state index is -5.64. The summed E-state index contributed by atoms with van der Waals surface area (Å²) in [4.78, 5) is 28.8. The average Bonchev–Trinajstić information content (AvgIpc) is 3.74. The van der Waals surface area contributed by atoms with Gasteiger partial charge >= 0.3 is 21.6 Å². The van der Waals surface area contributed by atoms with Crippen LogP contribution in [-0.2, 0) is 33.8 Å². The Kier molecular flexibility index (Phi) is 10.2. The number of carbonyl (C=O) groups is 2. The fourth-order valence-corrected chi connectivity index (χ4v) is 15.0. The number of morpholine rings is 1. The van der Waals surface area contributed by atoms with Crippen molar-refractivity contribution in [1.82, 2.24) is 14.5 Å². The number of rotatable bonds is 8. The Morgan fingerprint density at radius 2 is 1.67 bits per heavy atom. The summed E-state index contributed by atoms with van der Waals surface area (Å²) in [6.07, 6.45) is 6.02. The first-order chi connectivity index (χ1) is 26.5. The molecule has 14 atom stereocenters. The zero-order valence-corrected chi connectivity index (χ0v) is 35.4. The van der Waals surface area contributed by atoms with Gasteiger partial charge < -0.3 is 33.9 Å². The maximum Gasteiger partial charge on any atom is 0.511 e. The van der Waals surface area contributed by atoms with Crippen molar-refractivity contribution in [3.05, 3.63) is 0 Å². The van der Waals surface area contributed by atoms with Crippen molar-refractivity contribution in [2.24, 2.45) is 56.7 Å².